The second kappa shape index (κ2) is 6.99. The highest BCUT2D eigenvalue weighted by atomic mass is 32.2. The van der Waals surface area contributed by atoms with E-state index in [1.165, 1.54) is 0 Å². The van der Waals surface area contributed by atoms with Gasteiger partial charge in [-0.1, -0.05) is 0 Å². The van der Waals surface area contributed by atoms with Crippen LogP contribution < -0.4 is 15.7 Å². The lowest BCUT2D eigenvalue weighted by molar-refractivity contribution is -0.139. The quantitative estimate of drug-likeness (QED) is 0.769. The van der Waals surface area contributed by atoms with Crippen LogP contribution in [0.25, 0.3) is 10.9 Å². The first kappa shape index (κ1) is 21.0. The molecular formula is C16H16F3N3O6S. The third kappa shape index (κ3) is 3.79. The van der Waals surface area contributed by atoms with Crippen molar-refractivity contribution in [3.63, 3.8) is 0 Å². The van der Waals surface area contributed by atoms with E-state index in [1.54, 1.807) is 0 Å². The first-order valence-corrected chi connectivity index (χ1v) is 10.2. The van der Waals surface area contributed by atoms with Crippen molar-refractivity contribution in [2.24, 2.45) is 0 Å². The number of amides is 1. The van der Waals surface area contributed by atoms with Crippen LogP contribution in [0.1, 0.15) is 37.0 Å². The molecule has 0 aliphatic carbocycles. The number of H-pyrrole nitrogens is 1. The Labute approximate surface area is 161 Å². The Morgan fingerprint density at radius 2 is 1.97 bits per heavy atom. The highest BCUT2D eigenvalue weighted by Crippen LogP contribution is 2.40. The van der Waals surface area contributed by atoms with Crippen LogP contribution in [0.5, 0.6) is 0 Å². The summed E-state index contributed by atoms with van der Waals surface area (Å²) in [6.07, 6.45) is -4.25. The van der Waals surface area contributed by atoms with Gasteiger partial charge in [0.15, 0.2) is 0 Å². The minimum Gasteiger partial charge on any atom is -0.374 e. The number of carbonyl (C=O) groups is 1. The molecular weight excluding hydrogens is 419 g/mol. The second-order valence-electron chi connectivity index (χ2n) is 6.56. The minimum atomic E-state index is -4.78. The van der Waals surface area contributed by atoms with Gasteiger partial charge in [-0.3, -0.25) is 9.59 Å². The molecule has 1 N–H and O–H groups in total. The van der Waals surface area contributed by atoms with E-state index in [9.17, 15) is 36.0 Å². The smallest absolute Gasteiger partial charge is 0.374 e. The number of carbonyl (C=O) groups excluding carboxylic acids is 1. The number of ether oxygens (including phenoxy) is 1. The normalized spacial score (nSPS) is 17.6. The third-order valence-corrected chi connectivity index (χ3v) is 5.44. The number of fused-ring (bicyclic) bond motifs is 1. The molecule has 1 aliphatic rings. The van der Waals surface area contributed by atoms with E-state index in [2.05, 4.69) is 0 Å². The van der Waals surface area contributed by atoms with E-state index in [-0.39, 0.29) is 21.3 Å². The topological polar surface area (TPSA) is 119 Å². The van der Waals surface area contributed by atoms with Crippen LogP contribution >= 0.6 is 0 Å². The maximum atomic E-state index is 13.5. The Kier molecular flexibility index (Phi) is 5.07. The number of aromatic amines is 1. The molecule has 1 atom stereocenters. The molecule has 0 saturated carbocycles. The summed E-state index contributed by atoms with van der Waals surface area (Å²) in [7, 11) is -4.37. The van der Waals surface area contributed by atoms with E-state index >= 15 is 0 Å². The van der Waals surface area contributed by atoms with Crippen molar-refractivity contribution in [3.8, 4) is 0 Å². The predicted octanol–water partition coefficient (Wildman–Crippen LogP) is 1.00. The SMILES string of the molecule is CC(=O)N(n1c(=O)[nH]c2cc(C(F)(F)F)c([C@H]3CCCO3)cc2c1=O)S(C)(=O)=O. The molecule has 1 fully saturated rings. The number of nitrogens with one attached hydrogen (secondary N) is 1. The molecule has 0 spiro atoms. The minimum absolute atomic E-state index is 0.0446. The van der Waals surface area contributed by atoms with Gasteiger partial charge in [-0.15, -0.1) is 9.09 Å². The average Bonchev–Trinajstić information content (AvgIpc) is 3.09. The number of nitrogens with zero attached hydrogens (tertiary/aromatic N) is 2. The Morgan fingerprint density at radius 1 is 1.31 bits per heavy atom. The number of hydrogen-bond donors (Lipinski definition) is 1. The van der Waals surface area contributed by atoms with Gasteiger partial charge in [0.05, 0.1) is 28.8 Å². The van der Waals surface area contributed by atoms with E-state index < -0.39 is 55.9 Å². The Hall–Kier alpha value is -2.67. The largest absolute Gasteiger partial charge is 0.416 e. The van der Waals surface area contributed by atoms with Crippen LogP contribution in [-0.4, -0.2) is 36.8 Å². The van der Waals surface area contributed by atoms with Gasteiger partial charge in [-0.05, 0) is 30.5 Å². The number of benzene rings is 1. The molecule has 0 radical (unpaired) electrons. The van der Waals surface area contributed by atoms with E-state index in [4.69, 9.17) is 4.74 Å². The maximum Gasteiger partial charge on any atom is 0.416 e. The van der Waals surface area contributed by atoms with Gasteiger partial charge < -0.3 is 9.72 Å². The molecule has 158 valence electrons. The van der Waals surface area contributed by atoms with Crippen LogP contribution in [0.4, 0.5) is 13.2 Å². The van der Waals surface area contributed by atoms with Gasteiger partial charge in [0.2, 0.25) is 0 Å². The van der Waals surface area contributed by atoms with Crippen molar-refractivity contribution >= 4 is 26.8 Å². The van der Waals surface area contributed by atoms with Crippen LogP contribution in [0.15, 0.2) is 21.7 Å². The summed E-state index contributed by atoms with van der Waals surface area (Å²) in [4.78, 5) is 38.9. The van der Waals surface area contributed by atoms with Crippen molar-refractivity contribution < 1.29 is 31.1 Å². The zero-order valence-electron chi connectivity index (χ0n) is 15.2. The molecule has 13 heteroatoms. The number of alkyl halides is 3. The summed E-state index contributed by atoms with van der Waals surface area (Å²) < 4.78 is 69.7. The summed E-state index contributed by atoms with van der Waals surface area (Å²) in [5.41, 5.74) is -4.44. The van der Waals surface area contributed by atoms with Crippen LogP contribution in [-0.2, 0) is 25.7 Å². The van der Waals surface area contributed by atoms with Gasteiger partial charge in [-0.25, -0.2) is 13.2 Å². The number of hydrogen-bond acceptors (Lipinski definition) is 6. The molecule has 1 saturated heterocycles. The lowest BCUT2D eigenvalue weighted by Crippen LogP contribution is -2.55. The van der Waals surface area contributed by atoms with Crippen molar-refractivity contribution in [3.05, 3.63) is 44.1 Å². The van der Waals surface area contributed by atoms with Crippen molar-refractivity contribution in [2.75, 3.05) is 17.3 Å². The van der Waals surface area contributed by atoms with Gasteiger partial charge in [-0.2, -0.15) is 13.2 Å². The summed E-state index contributed by atoms with van der Waals surface area (Å²) in [5, 5.41) is -0.391. The van der Waals surface area contributed by atoms with E-state index in [0.29, 0.717) is 25.2 Å². The Morgan fingerprint density at radius 3 is 2.45 bits per heavy atom. The fourth-order valence-electron chi connectivity index (χ4n) is 3.29. The maximum absolute atomic E-state index is 13.5. The summed E-state index contributed by atoms with van der Waals surface area (Å²) >= 11 is 0. The fraction of sp³-hybridized carbons (Fsp3) is 0.438. The zero-order valence-corrected chi connectivity index (χ0v) is 16.1. The number of aromatic nitrogens is 2. The van der Waals surface area contributed by atoms with Gasteiger partial charge in [0, 0.05) is 13.5 Å². The fourth-order valence-corrected chi connectivity index (χ4v) is 4.21. The number of sulfonamides is 1. The molecule has 29 heavy (non-hydrogen) atoms. The van der Waals surface area contributed by atoms with Crippen molar-refractivity contribution in [1.29, 1.82) is 0 Å². The lowest BCUT2D eigenvalue weighted by Gasteiger charge is -2.21. The van der Waals surface area contributed by atoms with Crippen LogP contribution in [0.3, 0.4) is 0 Å². The van der Waals surface area contributed by atoms with E-state index in [0.717, 1.165) is 13.0 Å². The molecule has 2 heterocycles. The Bertz CT molecular complexity index is 1210. The summed E-state index contributed by atoms with van der Waals surface area (Å²) in [5.74, 6) is -1.15. The highest BCUT2D eigenvalue weighted by molar-refractivity contribution is 7.92. The monoisotopic (exact) mass is 435 g/mol. The van der Waals surface area contributed by atoms with Gasteiger partial charge >= 0.3 is 11.9 Å². The first-order valence-electron chi connectivity index (χ1n) is 8.35. The lowest BCUT2D eigenvalue weighted by atomic mass is 9.97. The van der Waals surface area contributed by atoms with Crippen LogP contribution in [0, 0.1) is 0 Å². The van der Waals surface area contributed by atoms with Crippen LogP contribution in [0.2, 0.25) is 0 Å². The number of halogens is 3. The first-order chi connectivity index (χ1) is 13.3. The molecule has 0 bridgehead atoms. The van der Waals surface area contributed by atoms with Gasteiger partial charge in [0.25, 0.3) is 21.5 Å². The number of rotatable bonds is 3. The highest BCUT2D eigenvalue weighted by Gasteiger charge is 2.37. The molecule has 1 aliphatic heterocycles. The summed E-state index contributed by atoms with van der Waals surface area (Å²) in [6.45, 7) is 1.07. The second-order valence-corrected chi connectivity index (χ2v) is 8.37. The molecule has 1 aromatic heterocycles. The Balaban J connectivity index is 2.39. The summed E-state index contributed by atoms with van der Waals surface area (Å²) in [6, 6.07) is 1.53. The molecule has 2 aromatic rings. The predicted molar refractivity (Wildman–Crippen MR) is 95.5 cm³/mol. The third-order valence-electron chi connectivity index (χ3n) is 4.39. The average molecular weight is 435 g/mol. The van der Waals surface area contributed by atoms with Gasteiger partial charge in [0.1, 0.15) is 0 Å². The molecule has 9 nitrogen and oxygen atoms in total. The van der Waals surface area contributed by atoms with Crippen molar-refractivity contribution in [2.45, 2.75) is 32.0 Å². The standard InChI is InChI=1S/C16H16F3N3O6S/c1-8(23)22(29(2,26)27)21-14(24)10-6-9(13-4-3-5-28-13)11(16(17,18)19)7-12(10)20-15(21)25/h6-7,13H,3-5H2,1-2H3,(H,20,25)/t13-/m1/s1. The van der Waals surface area contributed by atoms with Crippen molar-refractivity contribution in [1.82, 2.24) is 9.66 Å². The van der Waals surface area contributed by atoms with E-state index in [1.807, 2.05) is 4.98 Å². The molecule has 1 aromatic carbocycles. The molecule has 0 unspecified atom stereocenters. The molecule has 1 amide bonds. The molecule has 3 rings (SSSR count). The zero-order chi connectivity index (χ0) is 21.7.